The molecule has 0 saturated carbocycles. The molecule has 1 heterocycles. The highest BCUT2D eigenvalue weighted by Gasteiger charge is 2.06. The van der Waals surface area contributed by atoms with Gasteiger partial charge in [-0.05, 0) is 18.2 Å². The minimum atomic E-state index is 0.319. The first-order valence-electron chi connectivity index (χ1n) is 4.14. The molecule has 4 heteroatoms. The SMILES string of the molecule is N#Cc1ccc2ncc(C#N)c(Cl)c2c1. The average Bonchev–Trinajstić information content (AvgIpc) is 2.29. The molecular formula is C11H4ClN3. The summed E-state index contributed by atoms with van der Waals surface area (Å²) in [5.74, 6) is 0. The van der Waals surface area contributed by atoms with E-state index >= 15 is 0 Å². The molecule has 0 radical (unpaired) electrons. The lowest BCUT2D eigenvalue weighted by Crippen LogP contribution is -1.86. The zero-order valence-corrected chi connectivity index (χ0v) is 8.28. The molecular weight excluding hydrogens is 210 g/mol. The van der Waals surface area contributed by atoms with Gasteiger partial charge >= 0.3 is 0 Å². The Morgan fingerprint density at radius 3 is 2.67 bits per heavy atom. The fraction of sp³-hybridized carbons (Fsp3) is 0. The topological polar surface area (TPSA) is 60.5 Å². The first kappa shape index (κ1) is 9.45. The number of fused-ring (bicyclic) bond motifs is 1. The number of nitriles is 2. The van der Waals surface area contributed by atoms with Gasteiger partial charge < -0.3 is 0 Å². The summed E-state index contributed by atoms with van der Waals surface area (Å²) >= 11 is 6.00. The van der Waals surface area contributed by atoms with E-state index in [0.717, 1.165) is 0 Å². The Morgan fingerprint density at radius 2 is 2.00 bits per heavy atom. The van der Waals surface area contributed by atoms with Crippen LogP contribution in [0.2, 0.25) is 5.02 Å². The van der Waals surface area contributed by atoms with Crippen molar-refractivity contribution in [3.63, 3.8) is 0 Å². The van der Waals surface area contributed by atoms with Crippen LogP contribution in [0.1, 0.15) is 11.1 Å². The van der Waals surface area contributed by atoms with E-state index in [4.69, 9.17) is 22.1 Å². The van der Waals surface area contributed by atoms with E-state index in [1.165, 1.54) is 6.20 Å². The second kappa shape index (κ2) is 3.57. The van der Waals surface area contributed by atoms with Crippen LogP contribution in [0.4, 0.5) is 0 Å². The first-order valence-corrected chi connectivity index (χ1v) is 4.52. The van der Waals surface area contributed by atoms with Gasteiger partial charge in [0.05, 0.1) is 27.7 Å². The highest BCUT2D eigenvalue weighted by atomic mass is 35.5. The molecule has 15 heavy (non-hydrogen) atoms. The summed E-state index contributed by atoms with van der Waals surface area (Å²) in [5.41, 5.74) is 1.50. The Hall–Kier alpha value is -2.10. The van der Waals surface area contributed by atoms with Crippen molar-refractivity contribution < 1.29 is 0 Å². The predicted molar refractivity (Wildman–Crippen MR) is 56.2 cm³/mol. The molecule has 0 bridgehead atoms. The first-order chi connectivity index (χ1) is 7.26. The van der Waals surface area contributed by atoms with Crippen LogP contribution < -0.4 is 0 Å². The van der Waals surface area contributed by atoms with Gasteiger partial charge in [-0.2, -0.15) is 10.5 Å². The maximum Gasteiger partial charge on any atom is 0.102 e. The molecule has 0 fully saturated rings. The third-order valence-corrected chi connectivity index (χ3v) is 2.46. The molecule has 2 aromatic rings. The van der Waals surface area contributed by atoms with Crippen molar-refractivity contribution in [3.05, 3.63) is 40.5 Å². The maximum atomic E-state index is 8.76. The van der Waals surface area contributed by atoms with Crippen LogP contribution in [0.5, 0.6) is 0 Å². The number of halogens is 1. The maximum absolute atomic E-state index is 8.76. The molecule has 3 nitrogen and oxygen atoms in total. The van der Waals surface area contributed by atoms with Crippen molar-refractivity contribution >= 4 is 22.5 Å². The van der Waals surface area contributed by atoms with Gasteiger partial charge in [0.15, 0.2) is 0 Å². The standard InChI is InChI=1S/C11H4ClN3/c12-11-8(5-14)6-15-10-2-1-7(4-13)3-9(10)11/h1-3,6H. The molecule has 0 saturated heterocycles. The van der Waals surface area contributed by atoms with Crippen LogP contribution in [0.3, 0.4) is 0 Å². The van der Waals surface area contributed by atoms with Gasteiger partial charge in [-0.25, -0.2) is 0 Å². The summed E-state index contributed by atoms with van der Waals surface area (Å²) < 4.78 is 0. The molecule has 0 unspecified atom stereocenters. The summed E-state index contributed by atoms with van der Waals surface area (Å²) in [5, 5.41) is 18.5. The van der Waals surface area contributed by atoms with E-state index in [9.17, 15) is 0 Å². The molecule has 2 rings (SSSR count). The Morgan fingerprint density at radius 1 is 1.20 bits per heavy atom. The third-order valence-electron chi connectivity index (χ3n) is 2.05. The number of aromatic nitrogens is 1. The molecule has 1 aromatic carbocycles. The Bertz CT molecular complexity index is 615. The Balaban J connectivity index is 2.86. The number of pyridine rings is 1. The Labute approximate surface area is 91.2 Å². The summed E-state index contributed by atoms with van der Waals surface area (Å²) in [6.45, 7) is 0. The Kier molecular flexibility index (Phi) is 2.25. The van der Waals surface area contributed by atoms with E-state index in [2.05, 4.69) is 4.98 Å². The summed E-state index contributed by atoms with van der Waals surface area (Å²) in [6, 6.07) is 8.97. The fourth-order valence-electron chi connectivity index (χ4n) is 1.31. The van der Waals surface area contributed by atoms with Crippen LogP contribution in [-0.4, -0.2) is 4.98 Å². The quantitative estimate of drug-likeness (QED) is 0.676. The van der Waals surface area contributed by atoms with Crippen LogP contribution in [0.25, 0.3) is 10.9 Å². The molecule has 0 aliphatic heterocycles. The van der Waals surface area contributed by atoms with E-state index in [0.29, 0.717) is 27.1 Å². The highest BCUT2D eigenvalue weighted by molar-refractivity contribution is 6.36. The summed E-state index contributed by atoms with van der Waals surface area (Å²) in [6.07, 6.45) is 1.43. The lowest BCUT2D eigenvalue weighted by molar-refractivity contribution is 1.37. The molecule has 0 spiro atoms. The van der Waals surface area contributed by atoms with Crippen LogP contribution in [-0.2, 0) is 0 Å². The van der Waals surface area contributed by atoms with Gasteiger partial charge in [-0.3, -0.25) is 4.98 Å². The minimum Gasteiger partial charge on any atom is -0.255 e. The van der Waals surface area contributed by atoms with Crippen molar-refractivity contribution in [2.45, 2.75) is 0 Å². The molecule has 0 aliphatic rings. The minimum absolute atomic E-state index is 0.319. The lowest BCUT2D eigenvalue weighted by atomic mass is 10.1. The largest absolute Gasteiger partial charge is 0.255 e. The summed E-state index contributed by atoms with van der Waals surface area (Å²) in [7, 11) is 0. The predicted octanol–water partition coefficient (Wildman–Crippen LogP) is 2.63. The molecule has 0 aliphatic carbocycles. The number of benzene rings is 1. The van der Waals surface area contributed by atoms with Crippen molar-refractivity contribution in [1.29, 1.82) is 10.5 Å². The van der Waals surface area contributed by atoms with E-state index < -0.39 is 0 Å². The lowest BCUT2D eigenvalue weighted by Gasteiger charge is -2.01. The van der Waals surface area contributed by atoms with Crippen molar-refractivity contribution in [2.75, 3.05) is 0 Å². The van der Waals surface area contributed by atoms with Gasteiger partial charge in [0, 0.05) is 11.6 Å². The second-order valence-electron chi connectivity index (χ2n) is 2.94. The monoisotopic (exact) mass is 213 g/mol. The molecule has 70 valence electrons. The number of hydrogen-bond donors (Lipinski definition) is 0. The van der Waals surface area contributed by atoms with E-state index in [-0.39, 0.29) is 0 Å². The highest BCUT2D eigenvalue weighted by Crippen LogP contribution is 2.25. The molecule has 0 N–H and O–H groups in total. The van der Waals surface area contributed by atoms with Crippen molar-refractivity contribution in [1.82, 2.24) is 4.98 Å². The fourth-order valence-corrected chi connectivity index (χ4v) is 1.55. The van der Waals surface area contributed by atoms with Gasteiger partial charge in [-0.15, -0.1) is 0 Å². The third kappa shape index (κ3) is 1.50. The van der Waals surface area contributed by atoms with Gasteiger partial charge in [0.2, 0.25) is 0 Å². The van der Waals surface area contributed by atoms with E-state index in [1.807, 2.05) is 12.1 Å². The zero-order valence-electron chi connectivity index (χ0n) is 7.53. The van der Waals surface area contributed by atoms with Crippen molar-refractivity contribution in [2.24, 2.45) is 0 Å². The zero-order chi connectivity index (χ0) is 10.8. The molecule has 1 aromatic heterocycles. The van der Waals surface area contributed by atoms with Crippen LogP contribution in [0.15, 0.2) is 24.4 Å². The number of nitrogens with zero attached hydrogens (tertiary/aromatic N) is 3. The average molecular weight is 214 g/mol. The molecule has 0 atom stereocenters. The van der Waals surface area contributed by atoms with Gasteiger partial charge in [0.1, 0.15) is 6.07 Å². The van der Waals surface area contributed by atoms with Gasteiger partial charge in [-0.1, -0.05) is 11.6 Å². The normalized spacial score (nSPS) is 9.53. The van der Waals surface area contributed by atoms with Crippen LogP contribution in [0, 0.1) is 22.7 Å². The number of rotatable bonds is 0. The van der Waals surface area contributed by atoms with Gasteiger partial charge in [0.25, 0.3) is 0 Å². The van der Waals surface area contributed by atoms with E-state index in [1.54, 1.807) is 18.2 Å². The van der Waals surface area contributed by atoms with Crippen LogP contribution >= 0.6 is 11.6 Å². The summed E-state index contributed by atoms with van der Waals surface area (Å²) in [4.78, 5) is 4.07. The van der Waals surface area contributed by atoms with Crippen molar-refractivity contribution in [3.8, 4) is 12.1 Å². The smallest absolute Gasteiger partial charge is 0.102 e. The second-order valence-corrected chi connectivity index (χ2v) is 3.32. The number of hydrogen-bond acceptors (Lipinski definition) is 3. The molecule has 0 amide bonds.